The molecule has 1 aromatic carbocycles. The fourth-order valence-electron chi connectivity index (χ4n) is 2.06. The summed E-state index contributed by atoms with van der Waals surface area (Å²) in [7, 11) is 0. The van der Waals surface area contributed by atoms with Crippen molar-refractivity contribution in [3.8, 4) is 0 Å². The topological polar surface area (TPSA) is 70.2 Å². The minimum Gasteiger partial charge on any atom is -0.338 e. The lowest BCUT2D eigenvalue weighted by Crippen LogP contribution is -2.36. The van der Waals surface area contributed by atoms with Crippen molar-refractivity contribution < 1.29 is 9.59 Å². The van der Waals surface area contributed by atoms with Gasteiger partial charge in [0, 0.05) is 18.8 Å². The molecule has 0 aliphatic carbocycles. The lowest BCUT2D eigenvalue weighted by molar-refractivity contribution is -0.115. The molecule has 1 aliphatic rings. The normalized spacial score (nSPS) is 12.8. The molecule has 0 spiro atoms. The molecule has 3 N–H and O–H groups in total. The Morgan fingerprint density at radius 3 is 2.89 bits per heavy atom. The van der Waals surface area contributed by atoms with Crippen molar-refractivity contribution in [3.05, 3.63) is 29.3 Å². The summed E-state index contributed by atoms with van der Waals surface area (Å²) in [6.07, 6.45) is 2.15. The quantitative estimate of drug-likeness (QED) is 0.750. The number of nitrogens with one attached hydrogen (secondary N) is 3. The van der Waals surface area contributed by atoms with Crippen LogP contribution in [0.2, 0.25) is 0 Å². The van der Waals surface area contributed by atoms with Gasteiger partial charge in [-0.2, -0.15) is 0 Å². The Bertz CT molecular complexity index is 486. The summed E-state index contributed by atoms with van der Waals surface area (Å²) in [6, 6.07) is 5.81. The number of urea groups is 1. The van der Waals surface area contributed by atoms with Crippen LogP contribution < -0.4 is 16.0 Å². The van der Waals surface area contributed by atoms with Gasteiger partial charge in [0.15, 0.2) is 0 Å². The zero-order chi connectivity index (χ0) is 13.7. The molecule has 2 rings (SSSR count). The molecule has 5 nitrogen and oxygen atoms in total. The maximum absolute atomic E-state index is 11.3. The van der Waals surface area contributed by atoms with Gasteiger partial charge in [-0.25, -0.2) is 4.79 Å². The number of hydrogen-bond donors (Lipinski definition) is 3. The zero-order valence-electron chi connectivity index (χ0n) is 11.1. The van der Waals surface area contributed by atoms with Crippen molar-refractivity contribution in [1.29, 1.82) is 0 Å². The van der Waals surface area contributed by atoms with Crippen LogP contribution in [0.3, 0.4) is 0 Å². The predicted octanol–water partition coefficient (Wildman–Crippen LogP) is 1.43. The minimum absolute atomic E-state index is 0.0456. The number of hydrogen-bond acceptors (Lipinski definition) is 2. The summed E-state index contributed by atoms with van der Waals surface area (Å²) in [4.78, 5) is 22.6. The highest BCUT2D eigenvalue weighted by molar-refractivity contribution is 5.99. The molecule has 0 atom stereocenters. The lowest BCUT2D eigenvalue weighted by atomic mass is 10.1. The van der Waals surface area contributed by atoms with Gasteiger partial charge in [0.1, 0.15) is 0 Å². The Morgan fingerprint density at radius 1 is 1.32 bits per heavy atom. The summed E-state index contributed by atoms with van der Waals surface area (Å²) in [5.41, 5.74) is 3.08. The van der Waals surface area contributed by atoms with Crippen LogP contribution in [0.5, 0.6) is 0 Å². The van der Waals surface area contributed by atoms with E-state index in [4.69, 9.17) is 0 Å². The van der Waals surface area contributed by atoms with Crippen molar-refractivity contribution in [2.24, 2.45) is 0 Å². The number of rotatable bonds is 5. The molecule has 3 amide bonds. The minimum atomic E-state index is -0.125. The van der Waals surface area contributed by atoms with E-state index in [9.17, 15) is 9.59 Å². The highest BCUT2D eigenvalue weighted by Crippen LogP contribution is 2.23. The number of fused-ring (bicyclic) bond motifs is 1. The molecule has 5 heteroatoms. The van der Waals surface area contributed by atoms with E-state index in [1.165, 1.54) is 0 Å². The standard InChI is InChI=1S/C14H19N3O2/c1-2-6-15-14(19)16-7-5-10-3-4-12-11(8-10)9-13(18)17-12/h3-4,8H,2,5-7,9H2,1H3,(H,17,18)(H2,15,16,19). The third-order valence-corrected chi connectivity index (χ3v) is 3.03. The van der Waals surface area contributed by atoms with Crippen LogP contribution in [-0.4, -0.2) is 25.0 Å². The van der Waals surface area contributed by atoms with E-state index >= 15 is 0 Å². The average molecular weight is 261 g/mol. The van der Waals surface area contributed by atoms with Crippen LogP contribution >= 0.6 is 0 Å². The highest BCUT2D eigenvalue weighted by atomic mass is 16.2. The van der Waals surface area contributed by atoms with Crippen LogP contribution in [0.25, 0.3) is 0 Å². The van der Waals surface area contributed by atoms with Crippen LogP contribution in [0.15, 0.2) is 18.2 Å². The van der Waals surface area contributed by atoms with E-state index < -0.39 is 0 Å². The van der Waals surface area contributed by atoms with Gasteiger partial charge in [-0.3, -0.25) is 4.79 Å². The number of benzene rings is 1. The molecule has 1 heterocycles. The van der Waals surface area contributed by atoms with Gasteiger partial charge in [0.05, 0.1) is 6.42 Å². The first-order chi connectivity index (χ1) is 9.19. The third kappa shape index (κ3) is 3.71. The number of carbonyl (C=O) groups excluding carboxylic acids is 2. The molecule has 19 heavy (non-hydrogen) atoms. The molecule has 1 aromatic rings. The molecule has 0 bridgehead atoms. The Labute approximate surface area is 112 Å². The first-order valence-corrected chi connectivity index (χ1v) is 6.62. The molecule has 102 valence electrons. The van der Waals surface area contributed by atoms with Crippen molar-refractivity contribution in [1.82, 2.24) is 10.6 Å². The van der Waals surface area contributed by atoms with Gasteiger partial charge in [-0.15, -0.1) is 0 Å². The lowest BCUT2D eigenvalue weighted by Gasteiger charge is -2.07. The third-order valence-electron chi connectivity index (χ3n) is 3.03. The molecule has 0 unspecified atom stereocenters. The second kappa shape index (κ2) is 6.22. The van der Waals surface area contributed by atoms with Crippen LogP contribution in [0, 0.1) is 0 Å². The number of anilines is 1. The smallest absolute Gasteiger partial charge is 0.314 e. The number of amides is 3. The molecule has 0 radical (unpaired) electrons. The predicted molar refractivity (Wildman–Crippen MR) is 74.2 cm³/mol. The summed E-state index contributed by atoms with van der Waals surface area (Å²) in [6.45, 7) is 3.30. The number of carbonyl (C=O) groups is 2. The Balaban J connectivity index is 1.79. The maximum atomic E-state index is 11.3. The van der Waals surface area contributed by atoms with Gasteiger partial charge in [-0.05, 0) is 30.0 Å². The van der Waals surface area contributed by atoms with Gasteiger partial charge < -0.3 is 16.0 Å². The summed E-state index contributed by atoms with van der Waals surface area (Å²) in [5.74, 6) is 0.0456. The van der Waals surface area contributed by atoms with Crippen LogP contribution in [0.4, 0.5) is 10.5 Å². The van der Waals surface area contributed by atoms with Gasteiger partial charge in [0.2, 0.25) is 5.91 Å². The second-order valence-electron chi connectivity index (χ2n) is 4.65. The molecule has 0 fully saturated rings. The molecular formula is C14H19N3O2. The Kier molecular flexibility index (Phi) is 4.39. The maximum Gasteiger partial charge on any atom is 0.314 e. The second-order valence-corrected chi connectivity index (χ2v) is 4.65. The van der Waals surface area contributed by atoms with Crippen molar-refractivity contribution >= 4 is 17.6 Å². The Hall–Kier alpha value is -2.04. The zero-order valence-corrected chi connectivity index (χ0v) is 11.1. The van der Waals surface area contributed by atoms with E-state index in [1.807, 2.05) is 25.1 Å². The summed E-state index contributed by atoms with van der Waals surface area (Å²) in [5, 5.41) is 8.37. The fourth-order valence-corrected chi connectivity index (χ4v) is 2.06. The van der Waals surface area contributed by atoms with Gasteiger partial charge in [0.25, 0.3) is 0 Å². The van der Waals surface area contributed by atoms with Crippen molar-refractivity contribution in [2.75, 3.05) is 18.4 Å². The average Bonchev–Trinajstić information content (AvgIpc) is 2.75. The summed E-state index contributed by atoms with van der Waals surface area (Å²) >= 11 is 0. The monoisotopic (exact) mass is 261 g/mol. The molecule has 1 aliphatic heterocycles. The molecule has 0 saturated heterocycles. The van der Waals surface area contributed by atoms with Crippen molar-refractivity contribution in [3.63, 3.8) is 0 Å². The first kappa shape index (κ1) is 13.4. The molecule has 0 aromatic heterocycles. The fraction of sp³-hybridized carbons (Fsp3) is 0.429. The SMILES string of the molecule is CCCNC(=O)NCCc1ccc2c(c1)CC(=O)N2. The van der Waals surface area contributed by atoms with E-state index in [0.717, 1.165) is 29.7 Å². The van der Waals surface area contributed by atoms with Crippen LogP contribution in [0.1, 0.15) is 24.5 Å². The van der Waals surface area contributed by atoms with Crippen LogP contribution in [-0.2, 0) is 17.6 Å². The molecule has 0 saturated carbocycles. The van der Waals surface area contributed by atoms with E-state index in [2.05, 4.69) is 16.0 Å². The van der Waals surface area contributed by atoms with Crippen molar-refractivity contribution in [2.45, 2.75) is 26.2 Å². The van der Waals surface area contributed by atoms with E-state index in [1.54, 1.807) is 0 Å². The van der Waals surface area contributed by atoms with E-state index in [0.29, 0.717) is 19.5 Å². The largest absolute Gasteiger partial charge is 0.338 e. The van der Waals surface area contributed by atoms with E-state index in [-0.39, 0.29) is 11.9 Å². The first-order valence-electron chi connectivity index (χ1n) is 6.62. The van der Waals surface area contributed by atoms with Gasteiger partial charge >= 0.3 is 6.03 Å². The summed E-state index contributed by atoms with van der Waals surface area (Å²) < 4.78 is 0. The van der Waals surface area contributed by atoms with Gasteiger partial charge in [-0.1, -0.05) is 19.1 Å². The molecular weight excluding hydrogens is 242 g/mol. The highest BCUT2D eigenvalue weighted by Gasteiger charge is 2.17. The Morgan fingerprint density at radius 2 is 2.11 bits per heavy atom.